The predicted octanol–water partition coefficient (Wildman–Crippen LogP) is 2.55. The number of benzene rings is 1. The molecule has 2 atom stereocenters. The molecule has 2 saturated heterocycles. The van der Waals surface area contributed by atoms with Crippen molar-refractivity contribution in [3.63, 3.8) is 0 Å². The van der Waals surface area contributed by atoms with Gasteiger partial charge in [0.05, 0.1) is 11.3 Å². The topological polar surface area (TPSA) is 92.4 Å². The molecule has 1 aromatic carbocycles. The van der Waals surface area contributed by atoms with Gasteiger partial charge in [0.1, 0.15) is 17.3 Å². The van der Waals surface area contributed by atoms with E-state index in [0.29, 0.717) is 36.4 Å². The molecule has 2 N–H and O–H groups in total. The lowest BCUT2D eigenvalue weighted by Gasteiger charge is -2.23. The summed E-state index contributed by atoms with van der Waals surface area (Å²) in [5, 5.41) is 0. The monoisotopic (exact) mass is 450 g/mol. The van der Waals surface area contributed by atoms with E-state index in [9.17, 15) is 14.0 Å². The lowest BCUT2D eigenvalue weighted by atomic mass is 10.0. The number of primary amides is 1. The highest BCUT2D eigenvalue weighted by Gasteiger charge is 2.42. The van der Waals surface area contributed by atoms with E-state index in [1.807, 2.05) is 11.0 Å². The SMILES string of the molecule is Cc1nc(C2CC2)nc(C(N)=O)c1C(=O)N1CC2CN(CC[CH]c3cccc(F)c3)C[C@H]2C1. The number of carbonyl (C=O) groups is 2. The Kier molecular flexibility index (Phi) is 5.86. The molecule has 7 nitrogen and oxygen atoms in total. The van der Waals surface area contributed by atoms with E-state index in [1.165, 1.54) is 6.07 Å². The number of likely N-dealkylation sites (tertiary alicyclic amines) is 2. The Balaban J connectivity index is 1.19. The molecule has 2 aliphatic heterocycles. The van der Waals surface area contributed by atoms with Crippen molar-refractivity contribution in [2.24, 2.45) is 17.6 Å². The van der Waals surface area contributed by atoms with Crippen LogP contribution >= 0.6 is 0 Å². The zero-order chi connectivity index (χ0) is 23.1. The third kappa shape index (κ3) is 4.62. The number of carbonyl (C=O) groups excluding carboxylic acids is 2. The highest BCUT2D eigenvalue weighted by molar-refractivity contribution is 6.06. The van der Waals surface area contributed by atoms with E-state index >= 15 is 0 Å². The molecule has 1 radical (unpaired) electrons. The molecule has 3 aliphatic rings. The Bertz CT molecular complexity index is 1070. The Morgan fingerprint density at radius 2 is 1.88 bits per heavy atom. The van der Waals surface area contributed by atoms with Crippen molar-refractivity contribution in [2.45, 2.75) is 32.1 Å². The quantitative estimate of drug-likeness (QED) is 0.700. The van der Waals surface area contributed by atoms with Crippen LogP contribution in [0.15, 0.2) is 24.3 Å². The highest BCUT2D eigenvalue weighted by atomic mass is 19.1. The van der Waals surface area contributed by atoms with Gasteiger partial charge in [-0.05, 0) is 68.7 Å². The summed E-state index contributed by atoms with van der Waals surface area (Å²) in [5.74, 6) is 0.642. The van der Waals surface area contributed by atoms with E-state index in [-0.39, 0.29) is 28.9 Å². The van der Waals surface area contributed by atoms with E-state index in [2.05, 4.69) is 21.3 Å². The molecule has 0 bridgehead atoms. The fourth-order valence-electron chi connectivity index (χ4n) is 5.20. The van der Waals surface area contributed by atoms with Gasteiger partial charge in [-0.2, -0.15) is 0 Å². The lowest BCUT2D eigenvalue weighted by Crippen LogP contribution is -2.36. The second-order valence-electron chi connectivity index (χ2n) is 9.57. The number of nitrogens with zero attached hydrogens (tertiary/aromatic N) is 4. The van der Waals surface area contributed by atoms with Crippen LogP contribution in [-0.2, 0) is 0 Å². The second-order valence-corrected chi connectivity index (χ2v) is 9.57. The molecule has 0 spiro atoms. The molecule has 8 heteroatoms. The molecule has 33 heavy (non-hydrogen) atoms. The molecule has 1 aromatic heterocycles. The van der Waals surface area contributed by atoms with Crippen molar-refractivity contribution in [3.8, 4) is 0 Å². The van der Waals surface area contributed by atoms with Crippen molar-refractivity contribution in [1.82, 2.24) is 19.8 Å². The Hall–Kier alpha value is -2.87. The van der Waals surface area contributed by atoms with Gasteiger partial charge in [-0.1, -0.05) is 12.1 Å². The van der Waals surface area contributed by atoms with E-state index in [0.717, 1.165) is 44.5 Å². The second kappa shape index (κ2) is 8.82. The first-order chi connectivity index (χ1) is 15.9. The van der Waals surface area contributed by atoms with E-state index in [4.69, 9.17) is 5.73 Å². The Morgan fingerprint density at radius 1 is 1.15 bits per heavy atom. The molecule has 3 fully saturated rings. The predicted molar refractivity (Wildman–Crippen MR) is 121 cm³/mol. The van der Waals surface area contributed by atoms with Gasteiger partial charge in [-0.3, -0.25) is 9.59 Å². The van der Waals surface area contributed by atoms with Crippen LogP contribution in [0.1, 0.15) is 63.1 Å². The van der Waals surface area contributed by atoms with Crippen LogP contribution in [-0.4, -0.2) is 64.3 Å². The van der Waals surface area contributed by atoms with Gasteiger partial charge in [0, 0.05) is 32.1 Å². The molecular formula is C25H29FN5O2. The third-order valence-electron chi connectivity index (χ3n) is 7.02. The number of aromatic nitrogens is 2. The fraction of sp³-hybridized carbons (Fsp3) is 0.480. The first kappa shape index (κ1) is 21.9. The zero-order valence-electron chi connectivity index (χ0n) is 18.8. The van der Waals surface area contributed by atoms with Gasteiger partial charge >= 0.3 is 0 Å². The van der Waals surface area contributed by atoms with Crippen molar-refractivity contribution >= 4 is 11.8 Å². The van der Waals surface area contributed by atoms with Gasteiger partial charge in [0.15, 0.2) is 0 Å². The molecular weight excluding hydrogens is 421 g/mol. The number of fused-ring (bicyclic) bond motifs is 1. The van der Waals surface area contributed by atoms with Gasteiger partial charge in [-0.15, -0.1) is 0 Å². The smallest absolute Gasteiger partial charge is 0.268 e. The van der Waals surface area contributed by atoms with Crippen molar-refractivity contribution in [3.05, 3.63) is 64.8 Å². The van der Waals surface area contributed by atoms with Crippen LogP contribution in [0, 0.1) is 31.0 Å². The van der Waals surface area contributed by atoms with Crippen LogP contribution in [0.3, 0.4) is 0 Å². The normalized spacial score (nSPS) is 22.5. The highest BCUT2D eigenvalue weighted by Crippen LogP contribution is 2.39. The molecule has 1 saturated carbocycles. The average Bonchev–Trinajstić information content (AvgIpc) is 3.44. The third-order valence-corrected chi connectivity index (χ3v) is 7.02. The maximum Gasteiger partial charge on any atom is 0.268 e. The molecule has 1 aliphatic carbocycles. The Labute approximate surface area is 193 Å². The minimum absolute atomic E-state index is 0.0565. The average molecular weight is 451 g/mol. The number of halogens is 1. The van der Waals surface area contributed by atoms with Gasteiger partial charge < -0.3 is 15.5 Å². The summed E-state index contributed by atoms with van der Waals surface area (Å²) in [6.07, 6.45) is 4.94. The largest absolute Gasteiger partial charge is 0.364 e. The van der Waals surface area contributed by atoms with Gasteiger partial charge in [0.25, 0.3) is 11.8 Å². The van der Waals surface area contributed by atoms with Crippen molar-refractivity contribution < 1.29 is 14.0 Å². The van der Waals surface area contributed by atoms with Crippen molar-refractivity contribution in [1.29, 1.82) is 0 Å². The van der Waals surface area contributed by atoms with Crippen LogP contribution < -0.4 is 5.73 Å². The summed E-state index contributed by atoms with van der Waals surface area (Å²) in [5.41, 5.74) is 7.34. The standard InChI is InChI=1S/C25H29FN5O2/c1-15-21(22(23(27)32)29-24(28-15)17-7-8-17)25(33)31-13-18-11-30(12-19(18)14-31)9-3-5-16-4-2-6-20(26)10-16/h2,4-6,10,17-19H,3,7-9,11-14H2,1H3,(H2,27,32)/t18-,19?/m0/s1. The molecule has 2 aromatic rings. The minimum Gasteiger partial charge on any atom is -0.364 e. The fourth-order valence-corrected chi connectivity index (χ4v) is 5.20. The molecule has 1 unspecified atom stereocenters. The Morgan fingerprint density at radius 3 is 2.52 bits per heavy atom. The van der Waals surface area contributed by atoms with Crippen LogP contribution in [0.2, 0.25) is 0 Å². The summed E-state index contributed by atoms with van der Waals surface area (Å²) in [4.78, 5) is 38.6. The van der Waals surface area contributed by atoms with Gasteiger partial charge in [0.2, 0.25) is 0 Å². The molecule has 173 valence electrons. The number of hydrogen-bond donors (Lipinski definition) is 1. The maximum absolute atomic E-state index is 13.3. The number of hydrogen-bond acceptors (Lipinski definition) is 5. The maximum atomic E-state index is 13.3. The summed E-state index contributed by atoms with van der Waals surface area (Å²) in [7, 11) is 0. The summed E-state index contributed by atoms with van der Waals surface area (Å²) < 4.78 is 13.3. The van der Waals surface area contributed by atoms with E-state index in [1.54, 1.807) is 19.1 Å². The first-order valence-electron chi connectivity index (χ1n) is 11.7. The summed E-state index contributed by atoms with van der Waals surface area (Å²) >= 11 is 0. The number of amides is 2. The number of nitrogens with two attached hydrogens (primary N) is 1. The van der Waals surface area contributed by atoms with Crippen molar-refractivity contribution in [2.75, 3.05) is 32.7 Å². The number of rotatable bonds is 7. The van der Waals surface area contributed by atoms with Crippen LogP contribution in [0.4, 0.5) is 4.39 Å². The number of aryl methyl sites for hydroxylation is 1. The summed E-state index contributed by atoms with van der Waals surface area (Å²) in [6, 6.07) is 6.64. The summed E-state index contributed by atoms with van der Waals surface area (Å²) in [6.45, 7) is 5.87. The van der Waals surface area contributed by atoms with Crippen LogP contribution in [0.25, 0.3) is 0 Å². The lowest BCUT2D eigenvalue weighted by molar-refractivity contribution is 0.0766. The molecule has 5 rings (SSSR count). The first-order valence-corrected chi connectivity index (χ1v) is 11.7. The molecule has 3 heterocycles. The van der Waals surface area contributed by atoms with Crippen LogP contribution in [0.5, 0.6) is 0 Å². The molecule has 2 amide bonds. The zero-order valence-corrected chi connectivity index (χ0v) is 18.8. The minimum atomic E-state index is -0.675. The van der Waals surface area contributed by atoms with E-state index < -0.39 is 5.91 Å². The van der Waals surface area contributed by atoms with Gasteiger partial charge in [-0.25, -0.2) is 14.4 Å².